The lowest BCUT2D eigenvalue weighted by Gasteiger charge is -2.00. The van der Waals surface area contributed by atoms with Crippen LogP contribution in [-0.4, -0.2) is 16.6 Å². The van der Waals surface area contributed by atoms with Gasteiger partial charge >= 0.3 is 5.97 Å². The van der Waals surface area contributed by atoms with Crippen molar-refractivity contribution in [3.63, 3.8) is 0 Å². The lowest BCUT2D eigenvalue weighted by atomic mass is 10.2. The van der Waals surface area contributed by atoms with Gasteiger partial charge in [-0.1, -0.05) is 0 Å². The Morgan fingerprint density at radius 1 is 2.00 bits per heavy atom. The van der Waals surface area contributed by atoms with Crippen molar-refractivity contribution in [2.45, 2.75) is 18.4 Å². The third kappa shape index (κ3) is 0.847. The van der Waals surface area contributed by atoms with E-state index in [4.69, 9.17) is 16.1 Å². The van der Waals surface area contributed by atoms with E-state index in [-0.39, 0.29) is 12.3 Å². The van der Waals surface area contributed by atoms with Crippen molar-refractivity contribution in [2.24, 2.45) is 11.7 Å². The van der Waals surface area contributed by atoms with Crippen molar-refractivity contribution >= 4 is 5.97 Å². The maximum absolute atomic E-state index is 10.3. The molecule has 0 heterocycles. The van der Waals surface area contributed by atoms with Gasteiger partial charge in [0.2, 0.25) is 0 Å². The van der Waals surface area contributed by atoms with Gasteiger partial charge in [0.15, 0.2) is 0 Å². The topological polar surface area (TPSA) is 87.1 Å². The number of rotatable bonds is 2. The van der Waals surface area contributed by atoms with Crippen LogP contribution in [0, 0.1) is 17.2 Å². The molecule has 0 aromatic rings. The zero-order valence-electron chi connectivity index (χ0n) is 5.37. The summed E-state index contributed by atoms with van der Waals surface area (Å²) in [5.74, 6) is -1.12. The van der Waals surface area contributed by atoms with Crippen LogP contribution < -0.4 is 5.73 Å². The number of carboxylic acids is 1. The lowest BCUT2D eigenvalue weighted by molar-refractivity contribution is -0.140. The van der Waals surface area contributed by atoms with Gasteiger partial charge in [-0.3, -0.25) is 4.79 Å². The summed E-state index contributed by atoms with van der Waals surface area (Å²) in [4.78, 5) is 10.3. The molecule has 10 heavy (non-hydrogen) atoms. The molecule has 4 heteroatoms. The fraction of sp³-hybridized carbons (Fsp3) is 0.667. The van der Waals surface area contributed by atoms with Crippen LogP contribution in [0.2, 0.25) is 0 Å². The molecule has 4 nitrogen and oxygen atoms in total. The fourth-order valence-corrected chi connectivity index (χ4v) is 0.975. The zero-order chi connectivity index (χ0) is 7.78. The van der Waals surface area contributed by atoms with E-state index in [1.54, 1.807) is 0 Å². The summed E-state index contributed by atoms with van der Waals surface area (Å²) in [6.07, 6.45) is 0.693. The number of nitriles is 1. The smallest absolute Gasteiger partial charge is 0.324 e. The summed E-state index contributed by atoms with van der Waals surface area (Å²) < 4.78 is 0. The van der Waals surface area contributed by atoms with Crippen LogP contribution in [0.4, 0.5) is 0 Å². The van der Waals surface area contributed by atoms with E-state index >= 15 is 0 Å². The van der Waals surface area contributed by atoms with Gasteiger partial charge in [0.1, 0.15) is 5.54 Å². The highest BCUT2D eigenvalue weighted by molar-refractivity contribution is 5.82. The average Bonchev–Trinajstić information content (AvgIpc) is 2.45. The van der Waals surface area contributed by atoms with E-state index in [9.17, 15) is 4.79 Å². The zero-order valence-corrected chi connectivity index (χ0v) is 5.37. The SMILES string of the molecule is N#CCC1CC1(N)C(=O)O. The van der Waals surface area contributed by atoms with Gasteiger partial charge in [-0.2, -0.15) is 5.26 Å². The van der Waals surface area contributed by atoms with Crippen LogP contribution in [0.15, 0.2) is 0 Å². The molecule has 0 aliphatic heterocycles. The maximum atomic E-state index is 10.3. The Bertz CT molecular complexity index is 208. The van der Waals surface area contributed by atoms with Crippen LogP contribution >= 0.6 is 0 Å². The standard InChI is InChI=1S/C6H8N2O2/c7-2-1-4-3-6(4,8)5(9)10/h4H,1,3,8H2,(H,9,10). The summed E-state index contributed by atoms with van der Waals surface area (Å²) >= 11 is 0. The van der Waals surface area contributed by atoms with Crippen molar-refractivity contribution < 1.29 is 9.90 Å². The highest BCUT2D eigenvalue weighted by atomic mass is 16.4. The van der Waals surface area contributed by atoms with Crippen molar-refractivity contribution in [3.05, 3.63) is 0 Å². The number of hydrogen-bond acceptors (Lipinski definition) is 3. The van der Waals surface area contributed by atoms with E-state index in [0.717, 1.165) is 0 Å². The number of carbonyl (C=O) groups is 1. The molecule has 2 unspecified atom stereocenters. The Morgan fingerprint density at radius 3 is 2.90 bits per heavy atom. The van der Waals surface area contributed by atoms with E-state index in [1.165, 1.54) is 0 Å². The summed E-state index contributed by atoms with van der Waals surface area (Å²) in [5.41, 5.74) is 4.28. The Hall–Kier alpha value is -1.08. The largest absolute Gasteiger partial charge is 0.480 e. The van der Waals surface area contributed by atoms with Gasteiger partial charge in [-0.15, -0.1) is 0 Å². The second-order valence-corrected chi connectivity index (χ2v) is 2.61. The number of hydrogen-bond donors (Lipinski definition) is 2. The lowest BCUT2D eigenvalue weighted by Crippen LogP contribution is -2.34. The van der Waals surface area contributed by atoms with E-state index in [2.05, 4.69) is 0 Å². The fourth-order valence-electron chi connectivity index (χ4n) is 0.975. The number of aliphatic carboxylic acids is 1. The minimum Gasteiger partial charge on any atom is -0.480 e. The molecule has 54 valence electrons. The second kappa shape index (κ2) is 1.96. The monoisotopic (exact) mass is 140 g/mol. The molecule has 1 aliphatic carbocycles. The van der Waals surface area contributed by atoms with Crippen molar-refractivity contribution in [2.75, 3.05) is 0 Å². The summed E-state index contributed by atoms with van der Waals surface area (Å²) in [7, 11) is 0. The second-order valence-electron chi connectivity index (χ2n) is 2.61. The van der Waals surface area contributed by atoms with Crippen LogP contribution in [-0.2, 0) is 4.79 Å². The minimum absolute atomic E-state index is 0.130. The summed E-state index contributed by atoms with van der Waals surface area (Å²) in [6, 6.07) is 1.90. The Morgan fingerprint density at radius 2 is 2.60 bits per heavy atom. The van der Waals surface area contributed by atoms with Crippen molar-refractivity contribution in [1.29, 1.82) is 5.26 Å². The molecule has 0 saturated heterocycles. The third-order valence-electron chi connectivity index (χ3n) is 1.89. The predicted octanol–water partition coefficient (Wildman–Crippen LogP) is -0.298. The molecule has 1 fully saturated rings. The van der Waals surface area contributed by atoms with Gasteiger partial charge in [0, 0.05) is 12.3 Å². The van der Waals surface area contributed by atoms with Crippen LogP contribution in [0.25, 0.3) is 0 Å². The van der Waals surface area contributed by atoms with Crippen LogP contribution in [0.1, 0.15) is 12.8 Å². The molecule has 0 spiro atoms. The highest BCUT2D eigenvalue weighted by Gasteiger charge is 2.57. The first kappa shape index (κ1) is 7.03. The number of nitrogens with two attached hydrogens (primary N) is 1. The van der Waals surface area contributed by atoms with E-state index in [1.807, 2.05) is 6.07 Å². The normalized spacial score (nSPS) is 36.6. The summed E-state index contributed by atoms with van der Waals surface area (Å²) in [6.45, 7) is 0. The highest BCUT2D eigenvalue weighted by Crippen LogP contribution is 2.43. The van der Waals surface area contributed by atoms with E-state index in [0.29, 0.717) is 6.42 Å². The molecule has 0 bridgehead atoms. The molecule has 1 saturated carbocycles. The molecule has 0 amide bonds. The molecule has 1 aliphatic rings. The first-order chi connectivity index (χ1) is 4.61. The maximum Gasteiger partial charge on any atom is 0.324 e. The molecule has 1 rings (SSSR count). The molecular weight excluding hydrogens is 132 g/mol. The molecule has 2 atom stereocenters. The van der Waals surface area contributed by atoms with Crippen LogP contribution in [0.3, 0.4) is 0 Å². The predicted molar refractivity (Wildman–Crippen MR) is 32.9 cm³/mol. The van der Waals surface area contributed by atoms with Crippen molar-refractivity contribution in [1.82, 2.24) is 0 Å². The quantitative estimate of drug-likeness (QED) is 0.551. The third-order valence-corrected chi connectivity index (χ3v) is 1.89. The Kier molecular flexibility index (Phi) is 1.38. The van der Waals surface area contributed by atoms with Gasteiger partial charge in [0.25, 0.3) is 0 Å². The van der Waals surface area contributed by atoms with Crippen LogP contribution in [0.5, 0.6) is 0 Å². The first-order valence-electron chi connectivity index (χ1n) is 3.00. The van der Waals surface area contributed by atoms with Gasteiger partial charge in [-0.05, 0) is 6.42 Å². The minimum atomic E-state index is -1.09. The van der Waals surface area contributed by atoms with E-state index < -0.39 is 11.5 Å². The Balaban J connectivity index is 2.50. The molecule has 0 radical (unpaired) electrons. The first-order valence-corrected chi connectivity index (χ1v) is 3.00. The molecule has 3 N–H and O–H groups in total. The number of nitrogens with zero attached hydrogens (tertiary/aromatic N) is 1. The molecule has 0 aromatic heterocycles. The van der Waals surface area contributed by atoms with Gasteiger partial charge in [0.05, 0.1) is 6.07 Å². The average molecular weight is 140 g/mol. The molecular formula is C6H8N2O2. The van der Waals surface area contributed by atoms with Crippen molar-refractivity contribution in [3.8, 4) is 6.07 Å². The van der Waals surface area contributed by atoms with Gasteiger partial charge in [-0.25, -0.2) is 0 Å². The summed E-state index contributed by atoms with van der Waals surface area (Å²) in [5, 5.41) is 16.7. The number of carboxylic acid groups (broad SMARTS) is 1. The Labute approximate surface area is 58.2 Å². The molecule has 0 aromatic carbocycles. The van der Waals surface area contributed by atoms with Gasteiger partial charge < -0.3 is 10.8 Å².